The fourth-order valence-electron chi connectivity index (χ4n) is 1.99. The summed E-state index contributed by atoms with van der Waals surface area (Å²) in [5.41, 5.74) is 0.789. The van der Waals surface area contributed by atoms with Crippen molar-refractivity contribution < 1.29 is 9.59 Å². The number of amides is 2. The first-order chi connectivity index (χ1) is 8.63. The van der Waals surface area contributed by atoms with E-state index in [-0.39, 0.29) is 30.9 Å². The van der Waals surface area contributed by atoms with E-state index in [9.17, 15) is 9.59 Å². The summed E-state index contributed by atoms with van der Waals surface area (Å²) in [4.78, 5) is 25.1. The number of hydrogen-bond acceptors (Lipinski definition) is 3. The number of imide groups is 1. The van der Waals surface area contributed by atoms with Crippen molar-refractivity contribution in [2.75, 3.05) is 6.54 Å². The highest BCUT2D eigenvalue weighted by atomic mass is 35.5. The summed E-state index contributed by atoms with van der Waals surface area (Å²) in [7, 11) is 0. The first-order valence-electron chi connectivity index (χ1n) is 5.94. The van der Waals surface area contributed by atoms with Crippen LogP contribution >= 0.6 is 11.6 Å². The van der Waals surface area contributed by atoms with Gasteiger partial charge in [-0.3, -0.25) is 19.8 Å². The Hall–Kier alpha value is -1.39. The molecule has 0 radical (unpaired) electrons. The van der Waals surface area contributed by atoms with Gasteiger partial charge in [-0.15, -0.1) is 0 Å². The lowest BCUT2D eigenvalue weighted by Gasteiger charge is -2.31. The van der Waals surface area contributed by atoms with Gasteiger partial charge < -0.3 is 0 Å². The van der Waals surface area contributed by atoms with Crippen molar-refractivity contribution in [2.24, 2.45) is 0 Å². The first-order valence-corrected chi connectivity index (χ1v) is 6.32. The topological polar surface area (TPSA) is 49.4 Å². The highest BCUT2D eigenvalue weighted by Crippen LogP contribution is 2.18. The molecule has 0 aromatic heterocycles. The first kappa shape index (κ1) is 13.1. The zero-order valence-corrected chi connectivity index (χ0v) is 10.9. The SMILES string of the molecule is CCC1NCC(=O)N(Cc2ccccc2Cl)C1=O. The average molecular weight is 267 g/mol. The molecule has 1 aliphatic rings. The Kier molecular flexibility index (Phi) is 3.99. The summed E-state index contributed by atoms with van der Waals surface area (Å²) in [5, 5.41) is 3.50. The third kappa shape index (κ3) is 2.54. The van der Waals surface area contributed by atoms with Crippen molar-refractivity contribution in [2.45, 2.75) is 25.9 Å². The van der Waals surface area contributed by atoms with Crippen LogP contribution in [-0.2, 0) is 16.1 Å². The average Bonchev–Trinajstić information content (AvgIpc) is 2.37. The molecule has 1 heterocycles. The number of halogens is 1. The molecule has 96 valence electrons. The second-order valence-corrected chi connectivity index (χ2v) is 4.66. The molecule has 1 saturated heterocycles. The van der Waals surface area contributed by atoms with Crippen LogP contribution in [0.1, 0.15) is 18.9 Å². The van der Waals surface area contributed by atoms with Crippen LogP contribution in [0.5, 0.6) is 0 Å². The Labute approximate surface area is 111 Å². The van der Waals surface area contributed by atoms with Gasteiger partial charge in [0.05, 0.1) is 19.1 Å². The van der Waals surface area contributed by atoms with Gasteiger partial charge in [0.2, 0.25) is 11.8 Å². The van der Waals surface area contributed by atoms with Gasteiger partial charge in [-0.1, -0.05) is 36.7 Å². The van der Waals surface area contributed by atoms with Crippen molar-refractivity contribution in [1.82, 2.24) is 10.2 Å². The monoisotopic (exact) mass is 266 g/mol. The van der Waals surface area contributed by atoms with Gasteiger partial charge in [0.1, 0.15) is 0 Å². The molecule has 1 unspecified atom stereocenters. The van der Waals surface area contributed by atoms with E-state index in [2.05, 4.69) is 5.32 Å². The molecule has 1 aromatic carbocycles. The summed E-state index contributed by atoms with van der Waals surface area (Å²) in [6, 6.07) is 6.97. The fourth-order valence-corrected chi connectivity index (χ4v) is 2.18. The summed E-state index contributed by atoms with van der Waals surface area (Å²) >= 11 is 6.04. The van der Waals surface area contributed by atoms with E-state index >= 15 is 0 Å². The molecule has 1 N–H and O–H groups in total. The van der Waals surface area contributed by atoms with Crippen LogP contribution < -0.4 is 5.32 Å². The van der Waals surface area contributed by atoms with Crippen molar-refractivity contribution >= 4 is 23.4 Å². The van der Waals surface area contributed by atoms with Crippen LogP contribution in [0.25, 0.3) is 0 Å². The van der Waals surface area contributed by atoms with Crippen LogP contribution in [-0.4, -0.2) is 29.3 Å². The molecule has 1 aliphatic heterocycles. The largest absolute Gasteiger partial charge is 0.297 e. The number of carbonyl (C=O) groups excluding carboxylic acids is 2. The highest BCUT2D eigenvalue weighted by molar-refractivity contribution is 6.31. The van der Waals surface area contributed by atoms with Gasteiger partial charge in [-0.25, -0.2) is 0 Å². The van der Waals surface area contributed by atoms with E-state index in [4.69, 9.17) is 11.6 Å². The molecule has 1 aromatic rings. The van der Waals surface area contributed by atoms with E-state index in [0.717, 1.165) is 5.56 Å². The maximum absolute atomic E-state index is 12.1. The minimum absolute atomic E-state index is 0.173. The van der Waals surface area contributed by atoms with Crippen LogP contribution in [0.15, 0.2) is 24.3 Å². The molecule has 0 spiro atoms. The Morgan fingerprint density at radius 3 is 2.78 bits per heavy atom. The van der Waals surface area contributed by atoms with E-state index in [1.807, 2.05) is 25.1 Å². The number of hydrogen-bond donors (Lipinski definition) is 1. The Bertz CT molecular complexity index is 476. The normalized spacial score (nSPS) is 20.3. The zero-order valence-electron chi connectivity index (χ0n) is 10.1. The molecule has 1 atom stereocenters. The second kappa shape index (κ2) is 5.50. The molecular formula is C13H15ClN2O2. The van der Waals surface area contributed by atoms with Gasteiger partial charge in [0.25, 0.3) is 0 Å². The van der Waals surface area contributed by atoms with Crippen LogP contribution in [0.4, 0.5) is 0 Å². The third-order valence-corrected chi connectivity index (χ3v) is 3.43. The second-order valence-electron chi connectivity index (χ2n) is 4.25. The molecule has 5 heteroatoms. The van der Waals surface area contributed by atoms with Gasteiger partial charge in [-0.2, -0.15) is 0 Å². The van der Waals surface area contributed by atoms with E-state index in [1.165, 1.54) is 4.90 Å². The van der Waals surface area contributed by atoms with Crippen molar-refractivity contribution in [3.05, 3.63) is 34.9 Å². The number of rotatable bonds is 3. The van der Waals surface area contributed by atoms with Crippen molar-refractivity contribution in [1.29, 1.82) is 0 Å². The van der Waals surface area contributed by atoms with Gasteiger partial charge in [-0.05, 0) is 18.1 Å². The number of carbonyl (C=O) groups is 2. The van der Waals surface area contributed by atoms with Crippen LogP contribution in [0.3, 0.4) is 0 Å². The summed E-state index contributed by atoms with van der Waals surface area (Å²) in [5.74, 6) is -0.377. The molecule has 0 aliphatic carbocycles. The lowest BCUT2D eigenvalue weighted by molar-refractivity contribution is -0.150. The smallest absolute Gasteiger partial charge is 0.246 e. The molecule has 0 saturated carbocycles. The number of nitrogens with zero attached hydrogens (tertiary/aromatic N) is 1. The lowest BCUT2D eigenvalue weighted by atomic mass is 10.1. The Morgan fingerprint density at radius 2 is 2.11 bits per heavy atom. The highest BCUT2D eigenvalue weighted by Gasteiger charge is 2.32. The predicted molar refractivity (Wildman–Crippen MR) is 69.1 cm³/mol. The van der Waals surface area contributed by atoms with E-state index < -0.39 is 0 Å². The third-order valence-electron chi connectivity index (χ3n) is 3.06. The molecule has 2 amide bonds. The number of piperazine rings is 1. The van der Waals surface area contributed by atoms with E-state index in [0.29, 0.717) is 11.4 Å². The van der Waals surface area contributed by atoms with Gasteiger partial charge in [0.15, 0.2) is 0 Å². The van der Waals surface area contributed by atoms with Gasteiger partial charge in [0, 0.05) is 5.02 Å². The van der Waals surface area contributed by atoms with Gasteiger partial charge >= 0.3 is 0 Å². The standard InChI is InChI=1S/C13H15ClN2O2/c1-2-11-13(18)16(12(17)7-15-11)8-9-5-3-4-6-10(9)14/h3-6,11,15H,2,7-8H2,1H3. The predicted octanol–water partition coefficient (Wildman–Crippen LogP) is 1.58. The molecule has 2 rings (SSSR count). The van der Waals surface area contributed by atoms with Crippen LogP contribution in [0.2, 0.25) is 5.02 Å². The Balaban J connectivity index is 2.18. The van der Waals surface area contributed by atoms with E-state index in [1.54, 1.807) is 6.07 Å². The lowest BCUT2D eigenvalue weighted by Crippen LogP contribution is -2.57. The quantitative estimate of drug-likeness (QED) is 0.845. The molecular weight excluding hydrogens is 252 g/mol. The summed E-state index contributed by atoms with van der Waals surface area (Å²) in [6.45, 7) is 2.36. The minimum Gasteiger partial charge on any atom is -0.297 e. The molecule has 4 nitrogen and oxygen atoms in total. The fraction of sp³-hybridized carbons (Fsp3) is 0.385. The number of benzene rings is 1. The minimum atomic E-state index is -0.273. The van der Waals surface area contributed by atoms with Crippen LogP contribution in [0, 0.1) is 0 Å². The summed E-state index contributed by atoms with van der Waals surface area (Å²) < 4.78 is 0. The molecule has 0 bridgehead atoms. The van der Waals surface area contributed by atoms with Crippen molar-refractivity contribution in [3.8, 4) is 0 Å². The number of nitrogens with one attached hydrogen (secondary N) is 1. The molecule has 1 fully saturated rings. The maximum atomic E-state index is 12.1. The summed E-state index contributed by atoms with van der Waals surface area (Å²) in [6.07, 6.45) is 0.672. The molecule has 18 heavy (non-hydrogen) atoms. The Morgan fingerprint density at radius 1 is 1.39 bits per heavy atom. The van der Waals surface area contributed by atoms with Crippen molar-refractivity contribution in [3.63, 3.8) is 0 Å². The maximum Gasteiger partial charge on any atom is 0.246 e. The zero-order chi connectivity index (χ0) is 13.1.